The Morgan fingerprint density at radius 2 is 1.73 bits per heavy atom. The molecule has 1 rings (SSSR count). The number of urea groups is 1. The molecule has 0 saturated carbocycles. The van der Waals surface area contributed by atoms with Crippen molar-refractivity contribution in [2.45, 2.75) is 27.2 Å². The largest absolute Gasteiger partial charge is 0.478 e. The van der Waals surface area contributed by atoms with Crippen LogP contribution in [-0.4, -0.2) is 49.4 Å². The van der Waals surface area contributed by atoms with Crippen LogP contribution < -0.4 is 10.6 Å². The Balaban J connectivity index is 2.13. The summed E-state index contributed by atoms with van der Waals surface area (Å²) >= 11 is 0. The number of nitrogens with one attached hydrogen (secondary N) is 2. The molecule has 0 heterocycles. The third-order valence-corrected chi connectivity index (χ3v) is 3.82. The lowest BCUT2D eigenvalue weighted by Crippen LogP contribution is -2.32. The number of benzene rings is 1. The standard InChI is InChI=1S/C18H26N2O6/c1-4-18(2,3)16(23)26-12-11-25-10-9-19-17(24)20-14-7-5-13(6-8-14)15(21)22/h5-8H,4,9-12H2,1-3H3,(H,21,22)(H2,19,20,24). The van der Waals surface area contributed by atoms with E-state index < -0.39 is 17.4 Å². The number of ether oxygens (including phenoxy) is 2. The number of carboxylic acid groups (broad SMARTS) is 1. The Morgan fingerprint density at radius 3 is 2.31 bits per heavy atom. The van der Waals surface area contributed by atoms with Gasteiger partial charge in [0, 0.05) is 12.2 Å². The molecule has 0 aliphatic carbocycles. The number of rotatable bonds is 10. The molecule has 0 saturated heterocycles. The molecule has 0 aromatic heterocycles. The van der Waals surface area contributed by atoms with Gasteiger partial charge in [0.15, 0.2) is 0 Å². The smallest absolute Gasteiger partial charge is 0.335 e. The topological polar surface area (TPSA) is 114 Å². The first-order chi connectivity index (χ1) is 12.3. The van der Waals surface area contributed by atoms with Gasteiger partial charge in [-0.25, -0.2) is 9.59 Å². The molecule has 2 amide bonds. The maximum atomic E-state index is 11.7. The van der Waals surface area contributed by atoms with Crippen LogP contribution in [-0.2, 0) is 14.3 Å². The van der Waals surface area contributed by atoms with Gasteiger partial charge in [0.1, 0.15) is 6.61 Å². The maximum absolute atomic E-state index is 11.7. The Kier molecular flexibility index (Phi) is 8.57. The van der Waals surface area contributed by atoms with Gasteiger partial charge in [0.05, 0.1) is 24.2 Å². The van der Waals surface area contributed by atoms with Crippen LogP contribution in [0.1, 0.15) is 37.6 Å². The lowest BCUT2D eigenvalue weighted by atomic mass is 9.91. The van der Waals surface area contributed by atoms with E-state index >= 15 is 0 Å². The van der Waals surface area contributed by atoms with Crippen molar-refractivity contribution < 1.29 is 29.0 Å². The highest BCUT2D eigenvalue weighted by molar-refractivity contribution is 5.91. The zero-order valence-corrected chi connectivity index (χ0v) is 15.3. The van der Waals surface area contributed by atoms with Gasteiger partial charge in [0.2, 0.25) is 0 Å². The second-order valence-electron chi connectivity index (χ2n) is 6.25. The molecule has 0 bridgehead atoms. The SMILES string of the molecule is CCC(C)(C)C(=O)OCCOCCNC(=O)Nc1ccc(C(=O)O)cc1. The molecule has 0 unspecified atom stereocenters. The second kappa shape index (κ2) is 10.4. The molecule has 8 heteroatoms. The Morgan fingerprint density at radius 1 is 1.08 bits per heavy atom. The predicted octanol–water partition coefficient (Wildman–Crippen LogP) is 2.50. The number of anilines is 1. The van der Waals surface area contributed by atoms with Gasteiger partial charge in [-0.05, 0) is 44.5 Å². The molecule has 0 radical (unpaired) electrons. The zero-order chi connectivity index (χ0) is 19.6. The van der Waals surface area contributed by atoms with Gasteiger partial charge in [-0.2, -0.15) is 0 Å². The Hall–Kier alpha value is -2.61. The average Bonchev–Trinajstić information content (AvgIpc) is 2.61. The molecule has 1 aromatic rings. The maximum Gasteiger partial charge on any atom is 0.335 e. The summed E-state index contributed by atoms with van der Waals surface area (Å²) in [6.45, 7) is 6.57. The minimum atomic E-state index is -1.03. The van der Waals surface area contributed by atoms with Crippen molar-refractivity contribution in [1.29, 1.82) is 0 Å². The summed E-state index contributed by atoms with van der Waals surface area (Å²) < 4.78 is 10.4. The second-order valence-corrected chi connectivity index (χ2v) is 6.25. The van der Waals surface area contributed by atoms with Gasteiger partial charge in [-0.3, -0.25) is 4.79 Å². The molecule has 0 atom stereocenters. The van der Waals surface area contributed by atoms with E-state index in [1.807, 2.05) is 20.8 Å². The van der Waals surface area contributed by atoms with E-state index in [1.54, 1.807) is 0 Å². The Labute approximate surface area is 152 Å². The molecule has 0 aliphatic rings. The molecular formula is C18H26N2O6. The van der Waals surface area contributed by atoms with Gasteiger partial charge in [-0.1, -0.05) is 6.92 Å². The fourth-order valence-corrected chi connectivity index (χ4v) is 1.74. The summed E-state index contributed by atoms with van der Waals surface area (Å²) in [6.07, 6.45) is 0.699. The van der Waals surface area contributed by atoms with Gasteiger partial charge >= 0.3 is 18.0 Å². The fraction of sp³-hybridized carbons (Fsp3) is 0.500. The summed E-state index contributed by atoms with van der Waals surface area (Å²) in [7, 11) is 0. The van der Waals surface area contributed by atoms with Crippen LogP contribution in [0.5, 0.6) is 0 Å². The van der Waals surface area contributed by atoms with Crippen LogP contribution in [0.3, 0.4) is 0 Å². The Bertz CT molecular complexity index is 613. The quantitative estimate of drug-likeness (QED) is 0.433. The van der Waals surface area contributed by atoms with Crippen molar-refractivity contribution in [1.82, 2.24) is 5.32 Å². The van der Waals surface area contributed by atoms with Crippen LogP contribution in [0.25, 0.3) is 0 Å². The number of carbonyl (C=O) groups is 3. The molecule has 0 fully saturated rings. The summed E-state index contributed by atoms with van der Waals surface area (Å²) in [5, 5.41) is 14.0. The monoisotopic (exact) mass is 366 g/mol. The van der Waals surface area contributed by atoms with Crippen LogP contribution in [0.15, 0.2) is 24.3 Å². The van der Waals surface area contributed by atoms with Crippen LogP contribution in [0.2, 0.25) is 0 Å². The van der Waals surface area contributed by atoms with Crippen LogP contribution in [0.4, 0.5) is 10.5 Å². The number of carbonyl (C=O) groups excluding carboxylic acids is 2. The normalized spacial score (nSPS) is 10.9. The third-order valence-electron chi connectivity index (χ3n) is 3.82. The molecular weight excluding hydrogens is 340 g/mol. The summed E-state index contributed by atoms with van der Waals surface area (Å²) in [6, 6.07) is 5.40. The molecule has 0 aliphatic heterocycles. The zero-order valence-electron chi connectivity index (χ0n) is 15.3. The number of esters is 1. The van der Waals surface area contributed by atoms with E-state index in [1.165, 1.54) is 24.3 Å². The first kappa shape index (κ1) is 21.4. The van der Waals surface area contributed by atoms with E-state index in [2.05, 4.69) is 10.6 Å². The fourth-order valence-electron chi connectivity index (χ4n) is 1.74. The van der Waals surface area contributed by atoms with Crippen molar-refractivity contribution in [3.05, 3.63) is 29.8 Å². The minimum Gasteiger partial charge on any atom is -0.478 e. The van der Waals surface area contributed by atoms with Crippen molar-refractivity contribution in [3.8, 4) is 0 Å². The predicted molar refractivity (Wildman–Crippen MR) is 96.3 cm³/mol. The number of amides is 2. The van der Waals surface area contributed by atoms with E-state index in [-0.39, 0.29) is 37.9 Å². The first-order valence-corrected chi connectivity index (χ1v) is 8.39. The van der Waals surface area contributed by atoms with Crippen molar-refractivity contribution in [2.24, 2.45) is 5.41 Å². The van der Waals surface area contributed by atoms with E-state index in [0.717, 1.165) is 0 Å². The summed E-state index contributed by atoms with van der Waals surface area (Å²) in [5.41, 5.74) is 0.133. The highest BCUT2D eigenvalue weighted by Crippen LogP contribution is 2.21. The van der Waals surface area contributed by atoms with E-state index in [4.69, 9.17) is 14.6 Å². The lowest BCUT2D eigenvalue weighted by Gasteiger charge is -2.20. The molecule has 26 heavy (non-hydrogen) atoms. The van der Waals surface area contributed by atoms with Crippen LogP contribution >= 0.6 is 0 Å². The van der Waals surface area contributed by atoms with Crippen molar-refractivity contribution in [2.75, 3.05) is 31.7 Å². The van der Waals surface area contributed by atoms with Crippen molar-refractivity contribution in [3.63, 3.8) is 0 Å². The third kappa shape index (κ3) is 7.52. The lowest BCUT2D eigenvalue weighted by molar-refractivity contribution is -0.155. The minimum absolute atomic E-state index is 0.146. The highest BCUT2D eigenvalue weighted by Gasteiger charge is 2.26. The van der Waals surface area contributed by atoms with E-state index in [9.17, 15) is 14.4 Å². The highest BCUT2D eigenvalue weighted by atomic mass is 16.6. The average molecular weight is 366 g/mol. The molecule has 3 N–H and O–H groups in total. The summed E-state index contributed by atoms with van der Waals surface area (Å²) in [5.74, 6) is -1.28. The number of hydrogen-bond donors (Lipinski definition) is 3. The number of aromatic carboxylic acids is 1. The van der Waals surface area contributed by atoms with Crippen LogP contribution in [0, 0.1) is 5.41 Å². The van der Waals surface area contributed by atoms with E-state index in [0.29, 0.717) is 12.1 Å². The first-order valence-electron chi connectivity index (χ1n) is 8.39. The van der Waals surface area contributed by atoms with Gasteiger partial charge in [0.25, 0.3) is 0 Å². The van der Waals surface area contributed by atoms with Crippen molar-refractivity contribution >= 4 is 23.7 Å². The number of carboxylic acids is 1. The number of hydrogen-bond acceptors (Lipinski definition) is 5. The van der Waals surface area contributed by atoms with Gasteiger partial charge in [-0.15, -0.1) is 0 Å². The molecule has 0 spiro atoms. The molecule has 1 aromatic carbocycles. The summed E-state index contributed by atoms with van der Waals surface area (Å²) in [4.78, 5) is 34.2. The molecule has 8 nitrogen and oxygen atoms in total. The van der Waals surface area contributed by atoms with Gasteiger partial charge < -0.3 is 25.2 Å². The molecule has 144 valence electrons.